The highest BCUT2D eigenvalue weighted by Gasteiger charge is 2.16. The van der Waals surface area contributed by atoms with Crippen LogP contribution in [0.25, 0.3) is 0 Å². The highest BCUT2D eigenvalue weighted by atomic mass is 16.7. The van der Waals surface area contributed by atoms with Gasteiger partial charge in [0.2, 0.25) is 0 Å². The highest BCUT2D eigenvalue weighted by molar-refractivity contribution is 6.28. The molecule has 1 heterocycles. The predicted molar refractivity (Wildman–Crippen MR) is 59.3 cm³/mol. The van der Waals surface area contributed by atoms with Crippen LogP contribution in [0.1, 0.15) is 38.4 Å². The quantitative estimate of drug-likeness (QED) is 0.593. The summed E-state index contributed by atoms with van der Waals surface area (Å²) < 4.78 is 1.11. The van der Waals surface area contributed by atoms with Crippen LogP contribution in [-0.4, -0.2) is 26.8 Å². The number of hydrogen-bond donors (Lipinski definition) is 1. The second-order valence-electron chi connectivity index (χ2n) is 3.66. The molecule has 1 N–H and O–H groups in total. The average molecular weight is 240 g/mol. The molecule has 0 saturated heterocycles. The zero-order chi connectivity index (χ0) is 12.7. The molecule has 0 amide bonds. The van der Waals surface area contributed by atoms with E-state index in [1.165, 1.54) is 12.4 Å². The van der Waals surface area contributed by atoms with Crippen molar-refractivity contribution in [3.05, 3.63) is 18.2 Å². The van der Waals surface area contributed by atoms with Crippen molar-refractivity contribution >= 4 is 11.9 Å². The number of aryl methyl sites for hydroxylation is 1. The molecule has 0 spiro atoms. The molecule has 94 valence electrons. The Kier molecular flexibility index (Phi) is 5.19. The number of imidazole rings is 1. The van der Waals surface area contributed by atoms with Crippen LogP contribution in [0, 0.1) is 0 Å². The van der Waals surface area contributed by atoms with Gasteiger partial charge >= 0.3 is 11.9 Å². The summed E-state index contributed by atoms with van der Waals surface area (Å²) in [4.78, 5) is 29.8. The first-order valence-electron chi connectivity index (χ1n) is 5.63. The fourth-order valence-electron chi connectivity index (χ4n) is 1.42. The first-order chi connectivity index (χ1) is 8.15. The summed E-state index contributed by atoms with van der Waals surface area (Å²) in [6.07, 6.45) is 7.88. The molecule has 17 heavy (non-hydrogen) atoms. The number of nitrogens with zero attached hydrogens (tertiary/aromatic N) is 2. The summed E-state index contributed by atoms with van der Waals surface area (Å²) >= 11 is 0. The molecular weight excluding hydrogens is 224 g/mol. The molecule has 0 aromatic carbocycles. The van der Waals surface area contributed by atoms with Crippen molar-refractivity contribution in [2.45, 2.75) is 39.0 Å². The predicted octanol–water partition coefficient (Wildman–Crippen LogP) is 1.05. The van der Waals surface area contributed by atoms with Gasteiger partial charge in [-0.3, -0.25) is 0 Å². The zero-order valence-electron chi connectivity index (χ0n) is 9.76. The second kappa shape index (κ2) is 6.67. The minimum Gasteiger partial charge on any atom is -0.473 e. The van der Waals surface area contributed by atoms with E-state index in [-0.39, 0.29) is 0 Å². The lowest BCUT2D eigenvalue weighted by Gasteiger charge is -2.05. The number of aromatic nitrogens is 2. The molecule has 0 aliphatic heterocycles. The van der Waals surface area contributed by atoms with Crippen LogP contribution in [-0.2, 0) is 16.0 Å². The molecule has 6 nitrogen and oxygen atoms in total. The van der Waals surface area contributed by atoms with Crippen LogP contribution in [0.5, 0.6) is 0 Å². The Labute approximate surface area is 99.2 Å². The van der Waals surface area contributed by atoms with Gasteiger partial charge in [0.25, 0.3) is 0 Å². The van der Waals surface area contributed by atoms with Gasteiger partial charge in [-0.05, 0) is 6.42 Å². The molecular formula is C11H16N2O4. The Morgan fingerprint density at radius 3 is 2.82 bits per heavy atom. The van der Waals surface area contributed by atoms with E-state index in [1.807, 2.05) is 0 Å². The molecule has 1 aromatic rings. The van der Waals surface area contributed by atoms with E-state index in [4.69, 9.17) is 5.11 Å². The van der Waals surface area contributed by atoms with Crippen molar-refractivity contribution in [1.29, 1.82) is 0 Å². The van der Waals surface area contributed by atoms with Gasteiger partial charge < -0.3 is 9.94 Å². The molecule has 0 unspecified atom stereocenters. The second-order valence-corrected chi connectivity index (χ2v) is 3.66. The Bertz CT molecular complexity index is 387. The summed E-state index contributed by atoms with van der Waals surface area (Å²) in [5.41, 5.74) is 0. The fraction of sp³-hybridized carbons (Fsp3) is 0.545. The number of rotatable bonds is 6. The summed E-state index contributed by atoms with van der Waals surface area (Å²) in [5.74, 6) is -2.36. The van der Waals surface area contributed by atoms with Crippen molar-refractivity contribution < 1.29 is 19.5 Å². The number of aliphatic carboxylic acids is 1. The maximum Gasteiger partial charge on any atom is 0.441 e. The van der Waals surface area contributed by atoms with Crippen molar-refractivity contribution in [3.8, 4) is 0 Å². The van der Waals surface area contributed by atoms with Gasteiger partial charge in [-0.1, -0.05) is 26.2 Å². The number of carboxylic acids is 1. The lowest BCUT2D eigenvalue weighted by Crippen LogP contribution is -2.27. The lowest BCUT2D eigenvalue weighted by molar-refractivity contribution is -0.164. The van der Waals surface area contributed by atoms with Crippen LogP contribution in [0.15, 0.2) is 12.4 Å². The van der Waals surface area contributed by atoms with E-state index in [2.05, 4.69) is 16.7 Å². The minimum absolute atomic E-state index is 0.565. The van der Waals surface area contributed by atoms with Gasteiger partial charge in [-0.2, -0.15) is 4.73 Å². The molecule has 0 saturated carbocycles. The van der Waals surface area contributed by atoms with Crippen molar-refractivity contribution in [3.63, 3.8) is 0 Å². The van der Waals surface area contributed by atoms with E-state index in [0.29, 0.717) is 12.2 Å². The minimum atomic E-state index is -1.62. The van der Waals surface area contributed by atoms with E-state index < -0.39 is 11.9 Å². The Morgan fingerprint density at radius 2 is 2.18 bits per heavy atom. The number of hydrogen-bond acceptors (Lipinski definition) is 4. The molecule has 0 bridgehead atoms. The number of carbonyl (C=O) groups is 2. The average Bonchev–Trinajstić information content (AvgIpc) is 2.72. The van der Waals surface area contributed by atoms with Crippen molar-refractivity contribution in [2.75, 3.05) is 0 Å². The Balaban J connectivity index is 2.48. The molecule has 1 aromatic heterocycles. The van der Waals surface area contributed by atoms with E-state index >= 15 is 0 Å². The van der Waals surface area contributed by atoms with Gasteiger partial charge in [-0.15, -0.1) is 0 Å². The third kappa shape index (κ3) is 4.26. The lowest BCUT2D eigenvalue weighted by atomic mass is 10.1. The number of carbonyl (C=O) groups excluding carboxylic acids is 1. The summed E-state index contributed by atoms with van der Waals surface area (Å²) in [6, 6.07) is 0. The number of carboxylic acid groups (broad SMARTS) is 1. The smallest absolute Gasteiger partial charge is 0.441 e. The van der Waals surface area contributed by atoms with Crippen molar-refractivity contribution in [2.24, 2.45) is 0 Å². The topological polar surface area (TPSA) is 81.4 Å². The summed E-state index contributed by atoms with van der Waals surface area (Å²) in [7, 11) is 0. The normalized spacial score (nSPS) is 10.2. The Morgan fingerprint density at radius 1 is 1.41 bits per heavy atom. The summed E-state index contributed by atoms with van der Waals surface area (Å²) in [6.45, 7) is 2.12. The van der Waals surface area contributed by atoms with Crippen LogP contribution in [0.2, 0.25) is 0 Å². The maximum absolute atomic E-state index is 10.9. The highest BCUT2D eigenvalue weighted by Crippen LogP contribution is 2.05. The first kappa shape index (κ1) is 13.2. The van der Waals surface area contributed by atoms with E-state index in [9.17, 15) is 9.59 Å². The molecule has 0 atom stereocenters. The van der Waals surface area contributed by atoms with Gasteiger partial charge in [0.1, 0.15) is 5.82 Å². The van der Waals surface area contributed by atoms with E-state index in [0.717, 1.165) is 30.4 Å². The maximum atomic E-state index is 10.9. The molecule has 1 rings (SSSR count). The Hall–Kier alpha value is -1.85. The third-order valence-electron chi connectivity index (χ3n) is 2.29. The van der Waals surface area contributed by atoms with Gasteiger partial charge in [0, 0.05) is 12.6 Å². The van der Waals surface area contributed by atoms with Crippen LogP contribution in [0.3, 0.4) is 0 Å². The fourth-order valence-corrected chi connectivity index (χ4v) is 1.42. The number of unbranched alkanes of at least 4 members (excludes halogenated alkanes) is 3. The zero-order valence-corrected chi connectivity index (χ0v) is 9.76. The first-order valence-corrected chi connectivity index (χ1v) is 5.63. The summed E-state index contributed by atoms with van der Waals surface area (Å²) in [5, 5.41) is 8.41. The van der Waals surface area contributed by atoms with Crippen molar-refractivity contribution in [1.82, 2.24) is 9.71 Å². The van der Waals surface area contributed by atoms with Gasteiger partial charge in [-0.25, -0.2) is 14.6 Å². The largest absolute Gasteiger partial charge is 0.473 e. The molecule has 6 heteroatoms. The molecule has 0 aliphatic rings. The molecule has 0 radical (unpaired) electrons. The van der Waals surface area contributed by atoms with Crippen LogP contribution < -0.4 is 4.84 Å². The van der Waals surface area contributed by atoms with E-state index in [1.54, 1.807) is 0 Å². The monoisotopic (exact) mass is 240 g/mol. The standard InChI is InChI=1S/C11H16N2O4/c1-2-3-4-5-6-9-12-7-8-13(9)17-11(16)10(14)15/h7-8H,2-6H2,1H3,(H,14,15). The molecule has 0 aliphatic carbocycles. The molecule has 0 fully saturated rings. The third-order valence-corrected chi connectivity index (χ3v) is 2.29. The van der Waals surface area contributed by atoms with Crippen LogP contribution >= 0.6 is 0 Å². The van der Waals surface area contributed by atoms with Gasteiger partial charge in [0.15, 0.2) is 0 Å². The van der Waals surface area contributed by atoms with Crippen LogP contribution in [0.4, 0.5) is 0 Å². The SMILES string of the molecule is CCCCCCc1nccn1OC(=O)C(=O)O. The van der Waals surface area contributed by atoms with Gasteiger partial charge in [0.05, 0.1) is 6.20 Å².